The number of benzene rings is 1. The van der Waals surface area contributed by atoms with E-state index in [1.165, 1.54) is 29.5 Å². The maximum Gasteiger partial charge on any atom is 0.146 e. The van der Waals surface area contributed by atoms with Gasteiger partial charge < -0.3 is 18.6 Å². The second-order valence-corrected chi connectivity index (χ2v) is 25.0. The fraction of sp³-hybridized carbons (Fsp3) is 0.438. The number of halogens is 1. The Morgan fingerprint density at radius 2 is 1.23 bits per heavy atom. The van der Waals surface area contributed by atoms with Gasteiger partial charge in [0.05, 0.1) is 11.1 Å². The normalized spacial score (nSPS) is 12.1. The predicted octanol–water partition coefficient (Wildman–Crippen LogP) is 8.42. The van der Waals surface area contributed by atoms with Crippen LogP contribution in [0, 0.1) is 13.8 Å². The summed E-state index contributed by atoms with van der Waals surface area (Å²) >= 11 is 5.99. The van der Waals surface area contributed by atoms with Crippen molar-refractivity contribution in [1.29, 1.82) is 0 Å². The van der Waals surface area contributed by atoms with E-state index in [9.17, 15) is 0 Å². The van der Waals surface area contributed by atoms with Crippen molar-refractivity contribution in [3.05, 3.63) is 71.7 Å². The molecule has 5 aromatic rings. The van der Waals surface area contributed by atoms with E-state index in [0.29, 0.717) is 18.6 Å². The van der Waals surface area contributed by atoms with Crippen molar-refractivity contribution in [1.82, 2.24) is 29.1 Å². The highest BCUT2D eigenvalue weighted by atomic mass is 35.5. The maximum absolute atomic E-state index is 5.99. The molecule has 0 N–H and O–H groups in total. The van der Waals surface area contributed by atoms with Gasteiger partial charge in [-0.2, -0.15) is 0 Å². The second-order valence-electron chi connectivity index (χ2n) is 13.4. The Bertz CT molecular complexity index is 1660. The molecule has 0 fully saturated rings. The predicted molar refractivity (Wildman–Crippen MR) is 183 cm³/mol. The largest absolute Gasteiger partial charge is 0.361 e. The number of ether oxygens (including phenoxy) is 2. The molecule has 0 aliphatic heterocycles. The third-order valence-corrected chi connectivity index (χ3v) is 10.9. The summed E-state index contributed by atoms with van der Waals surface area (Å²) in [5.41, 5.74) is 6.40. The molecule has 5 rings (SSSR count). The Kier molecular flexibility index (Phi) is 10.9. The molecule has 0 aliphatic carbocycles. The first-order valence-corrected chi connectivity index (χ1v) is 22.6. The van der Waals surface area contributed by atoms with E-state index in [0.717, 1.165) is 46.5 Å². The van der Waals surface area contributed by atoms with Crippen LogP contribution in [-0.2, 0) is 22.9 Å². The van der Waals surface area contributed by atoms with Crippen molar-refractivity contribution in [2.45, 2.75) is 78.7 Å². The standard InChI is InChI=1S/C20H27N3OSi.C12H18ClN3OSi/c1-15-6-7-17(16(2)12-15)19-18-8-9-23(20(18)22-13-21-19)14-24-10-11-25(3,4)5;1-18(2,3)7-6-17-9-16-5-4-10-11(13)14-8-15-12(10)16/h6-9,12-13H,10-11,14H2,1-5H3;4-5,8H,6-7,9H2,1-3H3. The molecule has 11 heteroatoms. The molecule has 8 nitrogen and oxygen atoms in total. The third kappa shape index (κ3) is 9.29. The van der Waals surface area contributed by atoms with Crippen molar-refractivity contribution in [2.75, 3.05) is 13.2 Å². The maximum atomic E-state index is 5.99. The first-order valence-electron chi connectivity index (χ1n) is 14.8. The zero-order valence-corrected chi connectivity index (χ0v) is 29.6. The quantitative estimate of drug-likeness (QED) is 0.0822. The van der Waals surface area contributed by atoms with Gasteiger partial charge in [-0.1, -0.05) is 74.6 Å². The van der Waals surface area contributed by atoms with Crippen LogP contribution in [0.5, 0.6) is 0 Å². The Labute approximate surface area is 262 Å². The van der Waals surface area contributed by atoms with Gasteiger partial charge in [-0.15, -0.1) is 0 Å². The van der Waals surface area contributed by atoms with Crippen molar-refractivity contribution >= 4 is 49.8 Å². The zero-order valence-electron chi connectivity index (χ0n) is 26.8. The number of hydrogen-bond donors (Lipinski definition) is 0. The molecule has 0 aliphatic rings. The van der Waals surface area contributed by atoms with Crippen LogP contribution in [0.1, 0.15) is 11.1 Å². The minimum atomic E-state index is -1.06. The summed E-state index contributed by atoms with van der Waals surface area (Å²) in [5.74, 6) is 0. The molecule has 230 valence electrons. The summed E-state index contributed by atoms with van der Waals surface area (Å²) < 4.78 is 15.6. The van der Waals surface area contributed by atoms with Gasteiger partial charge in [-0.25, -0.2) is 19.9 Å². The van der Waals surface area contributed by atoms with Gasteiger partial charge >= 0.3 is 0 Å². The molecule has 0 spiro atoms. The lowest BCUT2D eigenvalue weighted by Crippen LogP contribution is -2.22. The summed E-state index contributed by atoms with van der Waals surface area (Å²) in [6.45, 7) is 21.0. The molecule has 4 heterocycles. The second kappa shape index (κ2) is 14.3. The number of rotatable bonds is 11. The molecular formula is C32H45ClN6O2Si2. The minimum Gasteiger partial charge on any atom is -0.361 e. The van der Waals surface area contributed by atoms with Gasteiger partial charge in [0.25, 0.3) is 0 Å². The van der Waals surface area contributed by atoms with Crippen molar-refractivity contribution < 1.29 is 9.47 Å². The minimum absolute atomic E-state index is 0.487. The summed E-state index contributed by atoms with van der Waals surface area (Å²) in [4.78, 5) is 17.2. The Balaban J connectivity index is 0.000000208. The number of fused-ring (bicyclic) bond motifs is 2. The van der Waals surface area contributed by atoms with E-state index in [2.05, 4.69) is 102 Å². The van der Waals surface area contributed by atoms with E-state index in [1.54, 1.807) is 6.33 Å². The molecule has 1 aromatic carbocycles. The summed E-state index contributed by atoms with van der Waals surface area (Å²) in [7, 11) is -2.08. The fourth-order valence-electron chi connectivity index (χ4n) is 4.56. The first kappa shape index (κ1) is 33.0. The van der Waals surface area contributed by atoms with Gasteiger partial charge in [0.15, 0.2) is 0 Å². The van der Waals surface area contributed by atoms with E-state index in [-0.39, 0.29) is 0 Å². The van der Waals surface area contributed by atoms with Crippen LogP contribution in [0.15, 0.2) is 55.4 Å². The van der Waals surface area contributed by atoms with Crippen LogP contribution in [0.2, 0.25) is 56.5 Å². The van der Waals surface area contributed by atoms with Gasteiger partial charge in [0.1, 0.15) is 42.6 Å². The van der Waals surface area contributed by atoms with Crippen molar-refractivity contribution in [2.24, 2.45) is 0 Å². The topological polar surface area (TPSA) is 79.9 Å². The van der Waals surface area contributed by atoms with E-state index >= 15 is 0 Å². The molecule has 0 atom stereocenters. The molecule has 0 saturated heterocycles. The fourth-order valence-corrected chi connectivity index (χ4v) is 6.27. The summed E-state index contributed by atoms with van der Waals surface area (Å²) in [6.07, 6.45) is 7.10. The zero-order chi connectivity index (χ0) is 31.2. The van der Waals surface area contributed by atoms with Crippen molar-refractivity contribution in [3.8, 4) is 11.3 Å². The van der Waals surface area contributed by atoms with Gasteiger partial charge in [0.2, 0.25) is 0 Å². The highest BCUT2D eigenvalue weighted by Crippen LogP contribution is 2.29. The number of aromatic nitrogens is 6. The smallest absolute Gasteiger partial charge is 0.146 e. The van der Waals surface area contributed by atoms with Gasteiger partial charge in [0, 0.05) is 52.7 Å². The molecule has 4 aromatic heterocycles. The average Bonchev–Trinajstić information content (AvgIpc) is 3.54. The van der Waals surface area contributed by atoms with Crippen LogP contribution in [0.25, 0.3) is 33.3 Å². The van der Waals surface area contributed by atoms with E-state index in [1.807, 2.05) is 23.0 Å². The summed E-state index contributed by atoms with van der Waals surface area (Å²) in [6, 6.07) is 12.8. The van der Waals surface area contributed by atoms with Gasteiger partial charge in [-0.05, 0) is 43.6 Å². The average molecular weight is 637 g/mol. The molecule has 43 heavy (non-hydrogen) atoms. The lowest BCUT2D eigenvalue weighted by molar-refractivity contribution is 0.0898. The molecule has 0 amide bonds. The van der Waals surface area contributed by atoms with Gasteiger partial charge in [-0.3, -0.25) is 0 Å². The summed E-state index contributed by atoms with van der Waals surface area (Å²) in [5, 5.41) is 2.43. The van der Waals surface area contributed by atoms with Crippen LogP contribution < -0.4 is 0 Å². The van der Waals surface area contributed by atoms with Crippen LogP contribution in [0.4, 0.5) is 0 Å². The van der Waals surface area contributed by atoms with Crippen LogP contribution in [-0.4, -0.2) is 58.4 Å². The lowest BCUT2D eigenvalue weighted by atomic mass is 10.0. The number of nitrogens with zero attached hydrogens (tertiary/aromatic N) is 6. The van der Waals surface area contributed by atoms with Crippen LogP contribution >= 0.6 is 11.6 Å². The molecule has 0 saturated carbocycles. The Hall–Kier alpha value is -2.90. The number of aryl methyl sites for hydroxylation is 2. The van der Waals surface area contributed by atoms with Crippen LogP contribution in [0.3, 0.4) is 0 Å². The molecular weight excluding hydrogens is 592 g/mol. The van der Waals surface area contributed by atoms with Crippen molar-refractivity contribution in [3.63, 3.8) is 0 Å². The monoisotopic (exact) mass is 636 g/mol. The third-order valence-electron chi connectivity index (χ3n) is 7.15. The highest BCUT2D eigenvalue weighted by molar-refractivity contribution is 6.76. The molecule has 0 radical (unpaired) electrons. The molecule has 0 bridgehead atoms. The SMILES string of the molecule is C[Si](C)(C)CCOCn1ccc2c(Cl)ncnc21.Cc1ccc(-c2ncnc3c2ccn3COCC[Si](C)(C)C)c(C)c1. The molecule has 0 unspecified atom stereocenters. The highest BCUT2D eigenvalue weighted by Gasteiger charge is 2.15. The Morgan fingerprint density at radius 1 is 0.698 bits per heavy atom. The first-order chi connectivity index (χ1) is 20.3. The Morgan fingerprint density at radius 3 is 1.79 bits per heavy atom. The van der Waals surface area contributed by atoms with E-state index in [4.69, 9.17) is 21.1 Å². The van der Waals surface area contributed by atoms with E-state index < -0.39 is 16.1 Å². The number of hydrogen-bond acceptors (Lipinski definition) is 6. The lowest BCUT2D eigenvalue weighted by Gasteiger charge is -2.15.